The maximum Gasteiger partial charge on any atom is 0.270 e. The molecule has 1 aromatic carbocycles. The molecule has 0 aliphatic carbocycles. The molecular formula is C19H22FN3O2. The lowest BCUT2D eigenvalue weighted by atomic mass is 10.2. The molecule has 2 aromatic rings. The Kier molecular flexibility index (Phi) is 6.62. The van der Waals surface area contributed by atoms with Crippen molar-refractivity contribution in [1.29, 1.82) is 0 Å². The first kappa shape index (κ1) is 18.6. The number of pyridine rings is 1. The first-order valence-corrected chi connectivity index (χ1v) is 8.25. The van der Waals surface area contributed by atoms with Crippen molar-refractivity contribution in [1.82, 2.24) is 15.2 Å². The van der Waals surface area contributed by atoms with Gasteiger partial charge in [0.15, 0.2) is 0 Å². The minimum atomic E-state index is -0.379. The third-order valence-corrected chi connectivity index (χ3v) is 3.80. The predicted molar refractivity (Wildman–Crippen MR) is 93.7 cm³/mol. The van der Waals surface area contributed by atoms with E-state index in [2.05, 4.69) is 17.2 Å². The summed E-state index contributed by atoms with van der Waals surface area (Å²) in [5.74, 6) is -0.839. The summed E-state index contributed by atoms with van der Waals surface area (Å²) in [5, 5.41) is 2.72. The lowest BCUT2D eigenvalue weighted by Gasteiger charge is -2.16. The van der Waals surface area contributed by atoms with Crippen LogP contribution < -0.4 is 5.32 Å². The van der Waals surface area contributed by atoms with Gasteiger partial charge in [0.25, 0.3) is 11.8 Å². The molecule has 2 amide bonds. The van der Waals surface area contributed by atoms with Gasteiger partial charge in [-0.3, -0.25) is 14.6 Å². The average Bonchev–Trinajstić information content (AvgIpc) is 2.64. The molecule has 6 heteroatoms. The molecular weight excluding hydrogens is 321 g/mol. The normalized spacial score (nSPS) is 10.4. The molecule has 0 atom stereocenters. The lowest BCUT2D eigenvalue weighted by molar-refractivity contribution is 0.0793. The SMILES string of the molecule is CCCCN(C)C(=O)c1ccnc(C(=O)NCc2ccc(F)cc2)c1. The Morgan fingerprint density at radius 2 is 1.92 bits per heavy atom. The summed E-state index contributed by atoms with van der Waals surface area (Å²) in [4.78, 5) is 30.3. The zero-order valence-corrected chi connectivity index (χ0v) is 14.5. The third-order valence-electron chi connectivity index (χ3n) is 3.80. The van der Waals surface area contributed by atoms with Crippen molar-refractivity contribution in [3.05, 3.63) is 65.2 Å². The van der Waals surface area contributed by atoms with Gasteiger partial charge in [0.2, 0.25) is 0 Å². The number of carbonyl (C=O) groups excluding carboxylic acids is 2. The predicted octanol–water partition coefficient (Wildman–Crippen LogP) is 3.02. The number of hydrogen-bond donors (Lipinski definition) is 1. The van der Waals surface area contributed by atoms with Gasteiger partial charge in [-0.1, -0.05) is 25.5 Å². The third kappa shape index (κ3) is 5.38. The Morgan fingerprint density at radius 1 is 1.20 bits per heavy atom. The number of aromatic nitrogens is 1. The average molecular weight is 343 g/mol. The number of nitrogens with one attached hydrogen (secondary N) is 1. The molecule has 0 unspecified atom stereocenters. The zero-order chi connectivity index (χ0) is 18.2. The molecule has 0 aliphatic rings. The monoisotopic (exact) mass is 343 g/mol. The van der Waals surface area contributed by atoms with Crippen LogP contribution in [0.5, 0.6) is 0 Å². The quantitative estimate of drug-likeness (QED) is 0.840. The van der Waals surface area contributed by atoms with Gasteiger partial charge < -0.3 is 10.2 Å². The number of hydrogen-bond acceptors (Lipinski definition) is 3. The van der Waals surface area contributed by atoms with Gasteiger partial charge in [0.1, 0.15) is 11.5 Å². The van der Waals surface area contributed by atoms with Crippen molar-refractivity contribution >= 4 is 11.8 Å². The van der Waals surface area contributed by atoms with Crippen LogP contribution in [-0.4, -0.2) is 35.3 Å². The maximum absolute atomic E-state index is 12.9. The highest BCUT2D eigenvalue weighted by Crippen LogP contribution is 2.07. The van der Waals surface area contributed by atoms with Crippen LogP contribution in [-0.2, 0) is 6.54 Å². The summed E-state index contributed by atoms with van der Waals surface area (Å²) in [6.45, 7) is 2.99. The van der Waals surface area contributed by atoms with Gasteiger partial charge in [-0.25, -0.2) is 4.39 Å². The lowest BCUT2D eigenvalue weighted by Crippen LogP contribution is -2.29. The van der Waals surface area contributed by atoms with Crippen LogP contribution >= 0.6 is 0 Å². The minimum Gasteiger partial charge on any atom is -0.347 e. The van der Waals surface area contributed by atoms with Crippen LogP contribution in [0.15, 0.2) is 42.6 Å². The number of carbonyl (C=O) groups is 2. The molecule has 1 N–H and O–H groups in total. The van der Waals surface area contributed by atoms with Gasteiger partial charge in [0, 0.05) is 31.9 Å². The van der Waals surface area contributed by atoms with Crippen molar-refractivity contribution in [2.24, 2.45) is 0 Å². The molecule has 0 bridgehead atoms. The van der Waals surface area contributed by atoms with Gasteiger partial charge in [-0.15, -0.1) is 0 Å². The van der Waals surface area contributed by atoms with Crippen LogP contribution in [0.3, 0.4) is 0 Å². The van der Waals surface area contributed by atoms with Crippen LogP contribution in [0.25, 0.3) is 0 Å². The van der Waals surface area contributed by atoms with E-state index in [9.17, 15) is 14.0 Å². The smallest absolute Gasteiger partial charge is 0.270 e. The van der Waals surface area contributed by atoms with E-state index >= 15 is 0 Å². The van der Waals surface area contributed by atoms with Gasteiger partial charge in [-0.2, -0.15) is 0 Å². The second-order valence-electron chi connectivity index (χ2n) is 5.82. The molecule has 0 fully saturated rings. The van der Waals surface area contributed by atoms with Crippen molar-refractivity contribution in [2.75, 3.05) is 13.6 Å². The van der Waals surface area contributed by atoms with Crippen molar-refractivity contribution in [3.63, 3.8) is 0 Å². The molecule has 132 valence electrons. The fourth-order valence-corrected chi connectivity index (χ4v) is 2.28. The van der Waals surface area contributed by atoms with Crippen LogP contribution in [0.1, 0.15) is 46.2 Å². The summed E-state index contributed by atoms with van der Waals surface area (Å²) >= 11 is 0. The van der Waals surface area contributed by atoms with E-state index < -0.39 is 0 Å². The standard InChI is InChI=1S/C19H22FN3O2/c1-3-4-11-23(2)19(25)15-9-10-21-17(12-15)18(24)22-13-14-5-7-16(20)8-6-14/h5-10,12H,3-4,11,13H2,1-2H3,(H,22,24). The summed E-state index contributed by atoms with van der Waals surface area (Å²) in [5.41, 5.74) is 1.39. The van der Waals surface area contributed by atoms with E-state index in [1.807, 2.05) is 0 Å². The van der Waals surface area contributed by atoms with Gasteiger partial charge >= 0.3 is 0 Å². The summed E-state index contributed by atoms with van der Waals surface area (Å²) in [6, 6.07) is 8.97. The zero-order valence-electron chi connectivity index (χ0n) is 14.5. The van der Waals surface area contributed by atoms with Crippen molar-refractivity contribution < 1.29 is 14.0 Å². The fraction of sp³-hybridized carbons (Fsp3) is 0.316. The minimum absolute atomic E-state index is 0.136. The second kappa shape index (κ2) is 8.92. The molecule has 0 radical (unpaired) electrons. The summed E-state index contributed by atoms with van der Waals surface area (Å²) in [7, 11) is 1.74. The number of unbranched alkanes of at least 4 members (excludes halogenated alkanes) is 1. The van der Waals surface area contributed by atoms with Crippen LogP contribution in [0.2, 0.25) is 0 Å². The Balaban J connectivity index is 2.00. The number of amides is 2. The molecule has 1 heterocycles. The summed E-state index contributed by atoms with van der Waals surface area (Å²) in [6.07, 6.45) is 3.39. The number of nitrogens with zero attached hydrogens (tertiary/aromatic N) is 2. The Hall–Kier alpha value is -2.76. The van der Waals surface area contributed by atoms with Gasteiger partial charge in [-0.05, 0) is 36.2 Å². The highest BCUT2D eigenvalue weighted by molar-refractivity contribution is 5.98. The molecule has 0 saturated heterocycles. The topological polar surface area (TPSA) is 62.3 Å². The van der Waals surface area contributed by atoms with E-state index in [1.165, 1.54) is 24.4 Å². The van der Waals surface area contributed by atoms with E-state index in [1.54, 1.807) is 30.1 Å². The largest absolute Gasteiger partial charge is 0.347 e. The molecule has 25 heavy (non-hydrogen) atoms. The second-order valence-corrected chi connectivity index (χ2v) is 5.82. The maximum atomic E-state index is 12.9. The van der Waals surface area contributed by atoms with Crippen LogP contribution in [0, 0.1) is 5.82 Å². The Labute approximate surface area is 146 Å². The number of benzene rings is 1. The fourth-order valence-electron chi connectivity index (χ4n) is 2.28. The van der Waals surface area contributed by atoms with E-state index in [0.29, 0.717) is 12.1 Å². The summed E-state index contributed by atoms with van der Waals surface area (Å²) < 4.78 is 12.9. The van der Waals surface area contributed by atoms with Gasteiger partial charge in [0.05, 0.1) is 0 Å². The first-order chi connectivity index (χ1) is 12.0. The van der Waals surface area contributed by atoms with E-state index in [4.69, 9.17) is 0 Å². The first-order valence-electron chi connectivity index (χ1n) is 8.25. The molecule has 0 spiro atoms. The van der Waals surface area contributed by atoms with Crippen molar-refractivity contribution in [2.45, 2.75) is 26.3 Å². The molecule has 0 saturated carbocycles. The molecule has 2 rings (SSSR count). The highest BCUT2D eigenvalue weighted by atomic mass is 19.1. The van der Waals surface area contributed by atoms with E-state index in [-0.39, 0.29) is 29.9 Å². The highest BCUT2D eigenvalue weighted by Gasteiger charge is 2.14. The van der Waals surface area contributed by atoms with E-state index in [0.717, 1.165) is 18.4 Å². The molecule has 0 aliphatic heterocycles. The van der Waals surface area contributed by atoms with Crippen LogP contribution in [0.4, 0.5) is 4.39 Å². The van der Waals surface area contributed by atoms with Crippen molar-refractivity contribution in [3.8, 4) is 0 Å². The Bertz CT molecular complexity index is 732. The number of rotatable bonds is 7. The molecule has 5 nitrogen and oxygen atoms in total. The molecule has 1 aromatic heterocycles. The Morgan fingerprint density at radius 3 is 2.60 bits per heavy atom. The number of halogens is 1.